The lowest BCUT2D eigenvalue weighted by atomic mass is 9.97. The number of carboxylic acids is 1. The van der Waals surface area contributed by atoms with Gasteiger partial charge in [-0.2, -0.15) is 0 Å². The van der Waals surface area contributed by atoms with Crippen molar-refractivity contribution in [2.45, 2.75) is 25.9 Å². The van der Waals surface area contributed by atoms with Crippen LogP contribution in [0.3, 0.4) is 0 Å². The summed E-state index contributed by atoms with van der Waals surface area (Å²) in [4.78, 5) is 10.8. The molecule has 0 bridgehead atoms. The molecule has 0 saturated heterocycles. The van der Waals surface area contributed by atoms with Crippen LogP contribution in [0.15, 0.2) is 109 Å². The zero-order valence-corrected chi connectivity index (χ0v) is 18.6. The minimum atomic E-state index is -0.957. The molecule has 4 aromatic carbocycles. The molecule has 4 heteroatoms. The molecule has 0 aliphatic heterocycles. The quantitative estimate of drug-likeness (QED) is 0.337. The fourth-order valence-corrected chi connectivity index (χ4v) is 3.34. The Morgan fingerprint density at radius 3 is 1.73 bits per heavy atom. The molecule has 1 atom stereocenters. The minimum absolute atomic E-state index is 0.396. The fourth-order valence-electron chi connectivity index (χ4n) is 3.34. The average Bonchev–Trinajstić information content (AvgIpc) is 2.86. The number of halogens is 1. The van der Waals surface area contributed by atoms with Gasteiger partial charge in [0, 0.05) is 18.7 Å². The second kappa shape index (κ2) is 12.3. The van der Waals surface area contributed by atoms with Gasteiger partial charge in [0.2, 0.25) is 0 Å². The van der Waals surface area contributed by atoms with Crippen molar-refractivity contribution in [2.24, 2.45) is 0 Å². The molecule has 0 aliphatic carbocycles. The first-order chi connectivity index (χ1) is 16.0. The first-order valence-corrected chi connectivity index (χ1v) is 10.9. The maximum atomic E-state index is 14.0. The van der Waals surface area contributed by atoms with Gasteiger partial charge in [-0.1, -0.05) is 103 Å². The van der Waals surface area contributed by atoms with Gasteiger partial charge in [0.05, 0.1) is 5.92 Å². The molecule has 0 spiro atoms. The number of hydrogen-bond donors (Lipinski definition) is 2. The molecular formula is C29H28FNO2. The predicted molar refractivity (Wildman–Crippen MR) is 131 cm³/mol. The van der Waals surface area contributed by atoms with Gasteiger partial charge in [-0.15, -0.1) is 0 Å². The lowest BCUT2D eigenvalue weighted by Gasteiger charge is -2.09. The summed E-state index contributed by atoms with van der Waals surface area (Å²) in [7, 11) is 0. The Bertz CT molecular complexity index is 1090. The zero-order chi connectivity index (χ0) is 23.5. The molecule has 0 aromatic heterocycles. The largest absolute Gasteiger partial charge is 0.481 e. The van der Waals surface area contributed by atoms with Gasteiger partial charge >= 0.3 is 5.97 Å². The van der Waals surface area contributed by atoms with Crippen LogP contribution < -0.4 is 5.32 Å². The summed E-state index contributed by atoms with van der Waals surface area (Å²) in [5.74, 6) is -2.06. The van der Waals surface area contributed by atoms with E-state index in [9.17, 15) is 9.18 Å². The lowest BCUT2D eigenvalue weighted by Crippen LogP contribution is -2.12. The van der Waals surface area contributed by atoms with Crippen LogP contribution in [0.5, 0.6) is 0 Å². The van der Waals surface area contributed by atoms with Crippen molar-refractivity contribution < 1.29 is 14.3 Å². The lowest BCUT2D eigenvalue weighted by molar-refractivity contribution is -0.138. The summed E-state index contributed by atoms with van der Waals surface area (Å²) in [6.07, 6.45) is 0. The maximum Gasteiger partial charge on any atom is 0.310 e. The van der Waals surface area contributed by atoms with E-state index in [-0.39, 0.29) is 0 Å². The Labute approximate surface area is 194 Å². The molecule has 0 heterocycles. The molecule has 0 fully saturated rings. The second-order valence-electron chi connectivity index (χ2n) is 7.74. The highest BCUT2D eigenvalue weighted by molar-refractivity contribution is 5.76. The Morgan fingerprint density at radius 1 is 0.788 bits per heavy atom. The molecule has 0 amide bonds. The van der Waals surface area contributed by atoms with Crippen molar-refractivity contribution in [3.8, 4) is 11.1 Å². The number of nitrogens with one attached hydrogen (secondary N) is 1. The number of aliphatic carboxylic acids is 1. The summed E-state index contributed by atoms with van der Waals surface area (Å²) in [6, 6.07) is 34.7. The van der Waals surface area contributed by atoms with Crippen LogP contribution in [0, 0.1) is 5.82 Å². The van der Waals surface area contributed by atoms with Gasteiger partial charge in [-0.3, -0.25) is 4.79 Å². The van der Waals surface area contributed by atoms with E-state index in [1.54, 1.807) is 19.1 Å². The van der Waals surface area contributed by atoms with Crippen LogP contribution in [-0.4, -0.2) is 11.1 Å². The monoisotopic (exact) mass is 441 g/mol. The highest BCUT2D eigenvalue weighted by Gasteiger charge is 2.15. The highest BCUT2D eigenvalue weighted by Crippen LogP contribution is 2.26. The third-order valence-electron chi connectivity index (χ3n) is 5.29. The fraction of sp³-hybridized carbons (Fsp3) is 0.138. The average molecular weight is 442 g/mol. The molecule has 4 rings (SSSR count). The Kier molecular flexibility index (Phi) is 8.92. The van der Waals surface area contributed by atoms with Gasteiger partial charge in [0.1, 0.15) is 5.82 Å². The molecule has 0 saturated carbocycles. The summed E-state index contributed by atoms with van der Waals surface area (Å²) in [6.45, 7) is 3.39. The topological polar surface area (TPSA) is 49.3 Å². The molecule has 168 valence electrons. The Hall–Kier alpha value is -3.76. The van der Waals surface area contributed by atoms with E-state index in [2.05, 4.69) is 53.8 Å². The molecule has 33 heavy (non-hydrogen) atoms. The van der Waals surface area contributed by atoms with Gasteiger partial charge < -0.3 is 10.4 Å². The van der Waals surface area contributed by atoms with Crippen molar-refractivity contribution in [1.29, 1.82) is 0 Å². The van der Waals surface area contributed by atoms with Crippen LogP contribution in [0.25, 0.3) is 11.1 Å². The summed E-state index contributed by atoms with van der Waals surface area (Å²) in [5.41, 5.74) is 4.39. The SMILES string of the molecule is C[C@@H](C(=O)O)c1ccc(-c2ccccc2)c(F)c1.c1ccc(CNCc2ccccc2)cc1. The van der Waals surface area contributed by atoms with Crippen LogP contribution in [0.4, 0.5) is 4.39 Å². The molecule has 4 aromatic rings. The van der Waals surface area contributed by atoms with E-state index in [1.807, 2.05) is 42.5 Å². The van der Waals surface area contributed by atoms with Gasteiger partial charge in [-0.05, 0) is 35.2 Å². The van der Waals surface area contributed by atoms with E-state index in [0.717, 1.165) is 18.7 Å². The number of carboxylic acid groups (broad SMARTS) is 1. The van der Waals surface area contributed by atoms with Crippen molar-refractivity contribution in [3.63, 3.8) is 0 Å². The normalized spacial score (nSPS) is 11.2. The first kappa shape index (κ1) is 23.9. The van der Waals surface area contributed by atoms with E-state index < -0.39 is 17.7 Å². The van der Waals surface area contributed by atoms with Gasteiger partial charge in [0.25, 0.3) is 0 Å². The standard InChI is InChI=1S/C15H13FO2.C14H15N/c1-10(15(17)18)12-7-8-13(14(16)9-12)11-5-3-2-4-6-11;1-3-7-13(8-4-1)11-15-12-14-9-5-2-6-10-14/h2-10H,1H3,(H,17,18);1-10,15H,11-12H2/t10-;/m1./s1. The van der Waals surface area contributed by atoms with Gasteiger partial charge in [0.15, 0.2) is 0 Å². The number of hydrogen-bond acceptors (Lipinski definition) is 2. The third kappa shape index (κ3) is 7.41. The molecule has 2 N–H and O–H groups in total. The summed E-state index contributed by atoms with van der Waals surface area (Å²) < 4.78 is 14.0. The van der Waals surface area contributed by atoms with Crippen molar-refractivity contribution in [1.82, 2.24) is 5.32 Å². The van der Waals surface area contributed by atoms with Crippen LogP contribution in [0.2, 0.25) is 0 Å². The molecule has 0 radical (unpaired) electrons. The van der Waals surface area contributed by atoms with E-state index in [1.165, 1.54) is 17.2 Å². The summed E-state index contributed by atoms with van der Waals surface area (Å²) in [5, 5.41) is 12.3. The maximum absolute atomic E-state index is 14.0. The molecule has 0 aliphatic rings. The number of rotatable bonds is 7. The predicted octanol–water partition coefficient (Wildman–Crippen LogP) is 6.66. The Morgan fingerprint density at radius 2 is 1.27 bits per heavy atom. The molecular weight excluding hydrogens is 413 g/mol. The van der Waals surface area contributed by atoms with Crippen LogP contribution in [-0.2, 0) is 17.9 Å². The third-order valence-corrected chi connectivity index (χ3v) is 5.29. The van der Waals surface area contributed by atoms with Crippen LogP contribution >= 0.6 is 0 Å². The van der Waals surface area contributed by atoms with Crippen molar-refractivity contribution >= 4 is 5.97 Å². The number of benzene rings is 4. The van der Waals surface area contributed by atoms with Crippen molar-refractivity contribution in [2.75, 3.05) is 0 Å². The first-order valence-electron chi connectivity index (χ1n) is 10.9. The molecule has 0 unspecified atom stereocenters. The van der Waals surface area contributed by atoms with Crippen LogP contribution in [0.1, 0.15) is 29.5 Å². The van der Waals surface area contributed by atoms with E-state index in [0.29, 0.717) is 11.1 Å². The minimum Gasteiger partial charge on any atom is -0.481 e. The number of carbonyl (C=O) groups is 1. The zero-order valence-electron chi connectivity index (χ0n) is 18.6. The smallest absolute Gasteiger partial charge is 0.310 e. The summed E-state index contributed by atoms with van der Waals surface area (Å²) >= 11 is 0. The van der Waals surface area contributed by atoms with Crippen molar-refractivity contribution in [3.05, 3.63) is 132 Å². The van der Waals surface area contributed by atoms with E-state index in [4.69, 9.17) is 5.11 Å². The highest BCUT2D eigenvalue weighted by atomic mass is 19.1. The molecule has 3 nitrogen and oxygen atoms in total. The Balaban J connectivity index is 0.000000189. The van der Waals surface area contributed by atoms with Gasteiger partial charge in [-0.25, -0.2) is 4.39 Å². The second-order valence-corrected chi connectivity index (χ2v) is 7.74. The van der Waals surface area contributed by atoms with E-state index >= 15 is 0 Å².